The van der Waals surface area contributed by atoms with Crippen molar-refractivity contribution in [3.63, 3.8) is 0 Å². The summed E-state index contributed by atoms with van der Waals surface area (Å²) in [6.45, 7) is 4.00. The van der Waals surface area contributed by atoms with Gasteiger partial charge in [0.15, 0.2) is 0 Å². The van der Waals surface area contributed by atoms with Crippen LogP contribution in [0.2, 0.25) is 0 Å². The number of esters is 1. The second-order valence-corrected chi connectivity index (χ2v) is 6.02. The van der Waals surface area contributed by atoms with E-state index in [0.29, 0.717) is 5.75 Å². The van der Waals surface area contributed by atoms with E-state index in [1.165, 1.54) is 0 Å². The Morgan fingerprint density at radius 1 is 1.28 bits per heavy atom. The lowest BCUT2D eigenvalue weighted by Gasteiger charge is -2.04. The molecule has 0 bridgehead atoms. The molecule has 1 aromatic carbocycles. The SMILES string of the molecule is CC1(C)[C@H](C=C(Cl)Cl)[C@H]1C(=O)Oc1ccccc1. The molecule has 0 amide bonds. The molecule has 2 atom stereocenters. The number of halogens is 2. The maximum absolute atomic E-state index is 12.0. The van der Waals surface area contributed by atoms with Crippen molar-refractivity contribution in [2.45, 2.75) is 13.8 Å². The second-order valence-electron chi connectivity index (χ2n) is 5.02. The molecule has 0 N–H and O–H groups in total. The highest BCUT2D eigenvalue weighted by Gasteiger charge is 2.61. The van der Waals surface area contributed by atoms with E-state index in [4.69, 9.17) is 27.9 Å². The fourth-order valence-corrected chi connectivity index (χ4v) is 2.51. The molecule has 1 aliphatic rings. The lowest BCUT2D eigenvalue weighted by atomic mass is 10.1. The summed E-state index contributed by atoms with van der Waals surface area (Å²) in [5.41, 5.74) is -0.152. The fourth-order valence-electron chi connectivity index (χ4n) is 2.24. The first-order valence-electron chi connectivity index (χ1n) is 5.72. The van der Waals surface area contributed by atoms with Crippen LogP contribution >= 0.6 is 23.2 Å². The molecule has 2 nitrogen and oxygen atoms in total. The van der Waals surface area contributed by atoms with Gasteiger partial charge in [-0.15, -0.1) is 0 Å². The zero-order valence-electron chi connectivity index (χ0n) is 10.2. The molecule has 18 heavy (non-hydrogen) atoms. The first-order chi connectivity index (χ1) is 8.43. The van der Waals surface area contributed by atoms with Crippen LogP contribution in [0.3, 0.4) is 0 Å². The Hall–Kier alpha value is -0.990. The van der Waals surface area contributed by atoms with Crippen LogP contribution in [0.1, 0.15) is 13.8 Å². The zero-order chi connectivity index (χ0) is 13.3. The monoisotopic (exact) mass is 284 g/mol. The predicted octanol–water partition coefficient (Wildman–Crippen LogP) is 4.18. The van der Waals surface area contributed by atoms with E-state index < -0.39 is 0 Å². The van der Waals surface area contributed by atoms with Crippen LogP contribution in [0.15, 0.2) is 40.9 Å². The van der Waals surface area contributed by atoms with Crippen LogP contribution in [0.5, 0.6) is 5.75 Å². The number of benzene rings is 1. The second kappa shape index (κ2) is 4.94. The number of carbonyl (C=O) groups excluding carboxylic acids is 1. The molecule has 0 spiro atoms. The molecule has 1 saturated carbocycles. The lowest BCUT2D eigenvalue weighted by Crippen LogP contribution is -2.13. The van der Waals surface area contributed by atoms with Gasteiger partial charge in [0.25, 0.3) is 0 Å². The molecule has 1 aromatic rings. The summed E-state index contributed by atoms with van der Waals surface area (Å²) < 4.78 is 5.53. The minimum atomic E-state index is -0.234. The average molecular weight is 285 g/mol. The largest absolute Gasteiger partial charge is 0.426 e. The highest BCUT2D eigenvalue weighted by atomic mass is 35.5. The summed E-state index contributed by atoms with van der Waals surface area (Å²) in [4.78, 5) is 12.0. The van der Waals surface area contributed by atoms with Gasteiger partial charge in [-0.2, -0.15) is 0 Å². The highest BCUT2D eigenvalue weighted by molar-refractivity contribution is 6.55. The molecule has 0 radical (unpaired) electrons. The maximum Gasteiger partial charge on any atom is 0.315 e. The van der Waals surface area contributed by atoms with E-state index in [1.807, 2.05) is 32.0 Å². The Morgan fingerprint density at radius 3 is 2.44 bits per heavy atom. The van der Waals surface area contributed by atoms with Gasteiger partial charge in [0.05, 0.1) is 5.92 Å². The van der Waals surface area contributed by atoms with Gasteiger partial charge in [0.1, 0.15) is 10.2 Å². The predicted molar refractivity (Wildman–Crippen MR) is 72.6 cm³/mol. The fraction of sp³-hybridized carbons (Fsp3) is 0.357. The number of hydrogen-bond donors (Lipinski definition) is 0. The van der Waals surface area contributed by atoms with Crippen molar-refractivity contribution in [3.8, 4) is 5.75 Å². The number of allylic oxidation sites excluding steroid dienone is 1. The van der Waals surface area contributed by atoms with Crippen molar-refractivity contribution in [2.24, 2.45) is 17.3 Å². The summed E-state index contributed by atoms with van der Waals surface area (Å²) in [5.74, 6) is 0.177. The smallest absolute Gasteiger partial charge is 0.315 e. The van der Waals surface area contributed by atoms with E-state index in [-0.39, 0.29) is 27.7 Å². The molecule has 0 aliphatic heterocycles. The third-order valence-electron chi connectivity index (χ3n) is 3.43. The van der Waals surface area contributed by atoms with Crippen LogP contribution in [0.25, 0.3) is 0 Å². The summed E-state index contributed by atoms with van der Waals surface area (Å²) in [7, 11) is 0. The number of rotatable bonds is 3. The lowest BCUT2D eigenvalue weighted by molar-refractivity contribution is -0.136. The van der Waals surface area contributed by atoms with Crippen LogP contribution in [0, 0.1) is 17.3 Å². The van der Waals surface area contributed by atoms with Crippen molar-refractivity contribution in [1.82, 2.24) is 0 Å². The van der Waals surface area contributed by atoms with Crippen molar-refractivity contribution < 1.29 is 9.53 Å². The van der Waals surface area contributed by atoms with Crippen molar-refractivity contribution >= 4 is 29.2 Å². The Labute approximate surface area is 117 Å². The van der Waals surface area contributed by atoms with Gasteiger partial charge in [-0.05, 0) is 29.5 Å². The van der Waals surface area contributed by atoms with Crippen molar-refractivity contribution in [1.29, 1.82) is 0 Å². The quantitative estimate of drug-likeness (QED) is 0.615. The van der Waals surface area contributed by atoms with Crippen LogP contribution in [-0.2, 0) is 4.79 Å². The highest BCUT2D eigenvalue weighted by Crippen LogP contribution is 2.60. The molecule has 96 valence electrons. The minimum absolute atomic E-state index is 0.0405. The Morgan fingerprint density at radius 2 is 1.89 bits per heavy atom. The van der Waals surface area contributed by atoms with Gasteiger partial charge < -0.3 is 4.74 Å². The summed E-state index contributed by atoms with van der Waals surface area (Å²) >= 11 is 11.3. The molecule has 0 aromatic heterocycles. The van der Waals surface area contributed by atoms with Gasteiger partial charge >= 0.3 is 5.97 Å². The molecule has 0 unspecified atom stereocenters. The third-order valence-corrected chi connectivity index (χ3v) is 3.68. The van der Waals surface area contributed by atoms with Crippen molar-refractivity contribution in [2.75, 3.05) is 0 Å². The van der Waals surface area contributed by atoms with E-state index in [0.717, 1.165) is 0 Å². The van der Waals surface area contributed by atoms with E-state index >= 15 is 0 Å². The molecular weight excluding hydrogens is 271 g/mol. The topological polar surface area (TPSA) is 26.3 Å². The summed E-state index contributed by atoms with van der Waals surface area (Å²) in [5, 5.41) is 0. The van der Waals surface area contributed by atoms with E-state index in [2.05, 4.69) is 0 Å². The first-order valence-corrected chi connectivity index (χ1v) is 6.48. The van der Waals surface area contributed by atoms with Crippen molar-refractivity contribution in [3.05, 3.63) is 40.9 Å². The Balaban J connectivity index is 2.05. The molecule has 4 heteroatoms. The average Bonchev–Trinajstić information content (AvgIpc) is 2.80. The zero-order valence-corrected chi connectivity index (χ0v) is 11.7. The van der Waals surface area contributed by atoms with Crippen LogP contribution < -0.4 is 4.74 Å². The molecule has 1 fully saturated rings. The maximum atomic E-state index is 12.0. The van der Waals surface area contributed by atoms with Gasteiger partial charge in [-0.1, -0.05) is 55.2 Å². The normalized spacial score (nSPS) is 24.2. The summed E-state index contributed by atoms with van der Waals surface area (Å²) in [6.07, 6.45) is 1.71. The number of hydrogen-bond acceptors (Lipinski definition) is 2. The molecule has 0 heterocycles. The van der Waals surface area contributed by atoms with E-state index in [9.17, 15) is 4.79 Å². The molecular formula is C14H14Cl2O2. The van der Waals surface area contributed by atoms with Gasteiger partial charge in [0, 0.05) is 0 Å². The Bertz CT molecular complexity index is 476. The number of para-hydroxylation sites is 1. The first kappa shape index (κ1) is 13.4. The number of carbonyl (C=O) groups is 1. The van der Waals surface area contributed by atoms with Crippen LogP contribution in [0.4, 0.5) is 0 Å². The molecule has 1 aliphatic carbocycles. The van der Waals surface area contributed by atoms with Gasteiger partial charge in [-0.25, -0.2) is 0 Å². The van der Waals surface area contributed by atoms with E-state index in [1.54, 1.807) is 18.2 Å². The van der Waals surface area contributed by atoms with Gasteiger partial charge in [-0.3, -0.25) is 4.79 Å². The third kappa shape index (κ3) is 2.70. The molecule has 2 rings (SSSR count). The number of ether oxygens (including phenoxy) is 1. The van der Waals surface area contributed by atoms with Gasteiger partial charge in [0.2, 0.25) is 0 Å². The minimum Gasteiger partial charge on any atom is -0.426 e. The molecule has 0 saturated heterocycles. The standard InChI is InChI=1S/C14H14Cl2O2/c1-14(2)10(8-11(15)16)12(14)13(17)18-9-6-4-3-5-7-9/h3-8,10,12H,1-2H3/t10-,12+/m1/s1. The van der Waals surface area contributed by atoms with Crippen LogP contribution in [-0.4, -0.2) is 5.97 Å². The summed E-state index contributed by atoms with van der Waals surface area (Å²) in [6, 6.07) is 9.04. The Kier molecular flexibility index (Phi) is 3.69.